The van der Waals surface area contributed by atoms with E-state index < -0.39 is 0 Å². The van der Waals surface area contributed by atoms with Gasteiger partial charge in [0.15, 0.2) is 0 Å². The second kappa shape index (κ2) is 9.98. The van der Waals surface area contributed by atoms with Crippen LogP contribution in [-0.2, 0) is 29.0 Å². The largest absolute Gasteiger partial charge is 0.495 e. The number of aryl methyl sites for hydroxylation is 1. The predicted octanol–water partition coefficient (Wildman–Crippen LogP) is 3.95. The van der Waals surface area contributed by atoms with Crippen molar-refractivity contribution >= 4 is 51.1 Å². The fourth-order valence-corrected chi connectivity index (χ4v) is 6.75. The number of thiophene rings is 1. The van der Waals surface area contributed by atoms with E-state index in [0.717, 1.165) is 64.3 Å². The monoisotopic (exact) mass is 532 g/mol. The summed E-state index contributed by atoms with van der Waals surface area (Å²) >= 11 is 1.66. The highest BCUT2D eigenvalue weighted by Gasteiger charge is 2.38. The Kier molecular flexibility index (Phi) is 6.51. The number of aromatic nitrogens is 2. The van der Waals surface area contributed by atoms with Gasteiger partial charge in [-0.1, -0.05) is 0 Å². The lowest BCUT2D eigenvalue weighted by molar-refractivity contribution is -0.137. The molecule has 2 aromatic heterocycles. The Balaban J connectivity index is 1.24. The molecule has 2 aliphatic carbocycles. The van der Waals surface area contributed by atoms with Gasteiger partial charge in [-0.3, -0.25) is 14.6 Å². The molecule has 6 rings (SSSR count). The molecule has 38 heavy (non-hydrogen) atoms. The molecular formula is C28H32N6O3S. The van der Waals surface area contributed by atoms with E-state index >= 15 is 0 Å². The number of hydrogen-bond donors (Lipinski definition) is 1. The van der Waals surface area contributed by atoms with E-state index in [2.05, 4.69) is 26.3 Å². The van der Waals surface area contributed by atoms with Crippen molar-refractivity contribution in [3.63, 3.8) is 0 Å². The van der Waals surface area contributed by atoms with E-state index in [9.17, 15) is 9.59 Å². The highest BCUT2D eigenvalue weighted by molar-refractivity contribution is 7.19. The third kappa shape index (κ3) is 4.62. The van der Waals surface area contributed by atoms with Gasteiger partial charge in [0.05, 0.1) is 24.7 Å². The molecular weight excluding hydrogens is 500 g/mol. The van der Waals surface area contributed by atoms with Crippen molar-refractivity contribution < 1.29 is 14.3 Å². The van der Waals surface area contributed by atoms with Crippen LogP contribution in [-0.4, -0.2) is 71.6 Å². The van der Waals surface area contributed by atoms with Crippen LogP contribution in [0.5, 0.6) is 5.75 Å². The van der Waals surface area contributed by atoms with Gasteiger partial charge in [0, 0.05) is 50.1 Å². The lowest BCUT2D eigenvalue weighted by Gasteiger charge is -2.30. The number of benzene rings is 1. The SMILES string of the molecule is COc1cc2c(cc1Nc1ncnc3sc4c(c13)CC[C@H](C(=O)N(CCC(=O)N(C)C)C1CC1)C4)C=NC2. The number of carbonyl (C=O) groups is 2. The minimum Gasteiger partial charge on any atom is -0.495 e. The topological polar surface area (TPSA) is 100 Å². The Bertz CT molecular complexity index is 1440. The average molecular weight is 533 g/mol. The minimum absolute atomic E-state index is 0.0600. The normalized spacial score (nSPS) is 17.7. The number of rotatable bonds is 8. The number of nitrogens with one attached hydrogen (secondary N) is 1. The van der Waals surface area contributed by atoms with Crippen LogP contribution >= 0.6 is 11.3 Å². The number of anilines is 2. The first-order valence-electron chi connectivity index (χ1n) is 13.2. The Morgan fingerprint density at radius 3 is 2.79 bits per heavy atom. The van der Waals surface area contributed by atoms with E-state index in [0.29, 0.717) is 25.9 Å². The molecule has 1 aliphatic heterocycles. The average Bonchev–Trinajstić information content (AvgIpc) is 3.52. The number of aliphatic imine (C=N–C) groups is 1. The van der Waals surface area contributed by atoms with Gasteiger partial charge in [-0.2, -0.15) is 0 Å². The molecule has 10 heteroatoms. The fourth-order valence-electron chi connectivity index (χ4n) is 5.48. The van der Waals surface area contributed by atoms with E-state index in [1.54, 1.807) is 43.8 Å². The second-order valence-corrected chi connectivity index (χ2v) is 11.6. The number of methoxy groups -OCH3 is 1. The molecule has 9 nitrogen and oxygen atoms in total. The summed E-state index contributed by atoms with van der Waals surface area (Å²) in [6.45, 7) is 1.18. The van der Waals surface area contributed by atoms with Gasteiger partial charge in [0.25, 0.3) is 0 Å². The highest BCUT2D eigenvalue weighted by Crippen LogP contribution is 2.42. The molecule has 1 atom stereocenters. The Labute approximate surface area is 225 Å². The van der Waals surface area contributed by atoms with Crippen molar-refractivity contribution in [2.45, 2.75) is 51.1 Å². The van der Waals surface area contributed by atoms with Crippen molar-refractivity contribution in [3.05, 3.63) is 40.0 Å². The first-order chi connectivity index (χ1) is 18.4. The van der Waals surface area contributed by atoms with E-state index in [-0.39, 0.29) is 23.8 Å². The zero-order valence-electron chi connectivity index (χ0n) is 22.0. The highest BCUT2D eigenvalue weighted by atomic mass is 32.1. The maximum absolute atomic E-state index is 13.6. The minimum atomic E-state index is -0.0638. The number of amides is 2. The number of ether oxygens (including phenoxy) is 1. The van der Waals surface area contributed by atoms with Crippen molar-refractivity contribution in [2.24, 2.45) is 10.9 Å². The van der Waals surface area contributed by atoms with Gasteiger partial charge < -0.3 is 19.9 Å². The Morgan fingerprint density at radius 1 is 1.18 bits per heavy atom. The molecule has 3 aliphatic rings. The van der Waals surface area contributed by atoms with Gasteiger partial charge in [-0.25, -0.2) is 9.97 Å². The second-order valence-electron chi connectivity index (χ2n) is 10.5. The first kappa shape index (κ1) is 24.8. The predicted molar refractivity (Wildman–Crippen MR) is 149 cm³/mol. The van der Waals surface area contributed by atoms with Gasteiger partial charge in [0.1, 0.15) is 22.7 Å². The summed E-state index contributed by atoms with van der Waals surface area (Å²) in [7, 11) is 5.19. The van der Waals surface area contributed by atoms with Gasteiger partial charge in [-0.15, -0.1) is 11.3 Å². The van der Waals surface area contributed by atoms with Crippen LogP contribution in [0.25, 0.3) is 10.2 Å². The van der Waals surface area contributed by atoms with Gasteiger partial charge in [-0.05, 0) is 60.9 Å². The summed E-state index contributed by atoms with van der Waals surface area (Å²) < 4.78 is 5.66. The molecule has 0 saturated heterocycles. The number of hydrogen-bond acceptors (Lipinski definition) is 8. The molecule has 0 spiro atoms. The summed E-state index contributed by atoms with van der Waals surface area (Å²) in [6, 6.07) is 4.37. The number of nitrogens with zero attached hydrogens (tertiary/aromatic N) is 5. The van der Waals surface area contributed by atoms with Crippen LogP contribution in [0, 0.1) is 5.92 Å². The summed E-state index contributed by atoms with van der Waals surface area (Å²) in [4.78, 5) is 45.0. The molecule has 0 bridgehead atoms. The van der Waals surface area contributed by atoms with Gasteiger partial charge in [0.2, 0.25) is 11.8 Å². The molecule has 3 aromatic rings. The summed E-state index contributed by atoms with van der Waals surface area (Å²) in [5, 5.41) is 4.53. The van der Waals surface area contributed by atoms with Crippen LogP contribution in [0.1, 0.15) is 47.3 Å². The van der Waals surface area contributed by atoms with Crippen molar-refractivity contribution in [3.8, 4) is 5.75 Å². The van der Waals surface area contributed by atoms with Gasteiger partial charge >= 0.3 is 0 Å². The Hall–Kier alpha value is -3.53. The van der Waals surface area contributed by atoms with E-state index in [4.69, 9.17) is 4.74 Å². The van der Waals surface area contributed by atoms with Crippen LogP contribution in [0.15, 0.2) is 23.5 Å². The van der Waals surface area contributed by atoms with Crippen LogP contribution in [0.3, 0.4) is 0 Å². The molecule has 198 valence electrons. The third-order valence-corrected chi connectivity index (χ3v) is 8.90. The lowest BCUT2D eigenvalue weighted by Crippen LogP contribution is -2.41. The Morgan fingerprint density at radius 2 is 2.03 bits per heavy atom. The van der Waals surface area contributed by atoms with E-state index in [1.807, 2.05) is 17.2 Å². The van der Waals surface area contributed by atoms with E-state index in [1.165, 1.54) is 10.4 Å². The molecule has 0 radical (unpaired) electrons. The molecule has 1 saturated carbocycles. The summed E-state index contributed by atoms with van der Waals surface area (Å²) in [5.74, 6) is 1.70. The fraction of sp³-hybridized carbons (Fsp3) is 0.464. The standard InChI is InChI=1S/C28H32N6O3S/c1-33(2)24(35)8-9-34(19-5-6-19)28(36)16-4-7-20-23(12-16)38-27-25(20)26(30-15-31-27)32-21-10-17-13-29-14-18(17)11-22(21)37-3/h10-11,13,15-16,19H,4-9,12,14H2,1-3H3,(H,30,31,32)/t16-/m0/s1. The first-order valence-corrected chi connectivity index (χ1v) is 14.0. The molecule has 2 amide bonds. The van der Waals surface area contributed by atoms with Crippen molar-refractivity contribution in [1.29, 1.82) is 0 Å². The quantitative estimate of drug-likeness (QED) is 0.472. The maximum atomic E-state index is 13.6. The smallest absolute Gasteiger partial charge is 0.226 e. The zero-order chi connectivity index (χ0) is 26.4. The van der Waals surface area contributed by atoms with Crippen molar-refractivity contribution in [1.82, 2.24) is 19.8 Å². The van der Waals surface area contributed by atoms with Crippen LogP contribution in [0.4, 0.5) is 11.5 Å². The van der Waals surface area contributed by atoms with Crippen LogP contribution < -0.4 is 10.1 Å². The van der Waals surface area contributed by atoms with Crippen molar-refractivity contribution in [2.75, 3.05) is 33.1 Å². The van der Waals surface area contributed by atoms with Crippen LogP contribution in [0.2, 0.25) is 0 Å². The number of fused-ring (bicyclic) bond motifs is 4. The molecule has 0 unspecified atom stereocenters. The lowest BCUT2D eigenvalue weighted by atomic mass is 9.86. The molecule has 1 N–H and O–H groups in total. The summed E-state index contributed by atoms with van der Waals surface area (Å²) in [6.07, 6.45) is 8.22. The zero-order valence-corrected chi connectivity index (χ0v) is 22.8. The molecule has 1 fully saturated rings. The molecule has 1 aromatic carbocycles. The molecule has 3 heterocycles. The third-order valence-electron chi connectivity index (χ3n) is 7.74. The summed E-state index contributed by atoms with van der Waals surface area (Å²) in [5.41, 5.74) is 4.31. The number of carbonyl (C=O) groups excluding carboxylic acids is 2. The maximum Gasteiger partial charge on any atom is 0.226 e.